The van der Waals surface area contributed by atoms with Crippen LogP contribution < -0.4 is 10.6 Å². The number of rotatable bonds is 5. The smallest absolute Gasteiger partial charge is 0.245 e. The van der Waals surface area contributed by atoms with E-state index in [1.807, 2.05) is 30.3 Å². The maximum Gasteiger partial charge on any atom is 0.245 e. The molecular weight excluding hydrogens is 334 g/mol. The lowest BCUT2D eigenvalue weighted by molar-refractivity contribution is -0.141. The molecule has 3 rings (SSSR count). The van der Waals surface area contributed by atoms with E-state index in [4.69, 9.17) is 0 Å². The number of benzene rings is 1. The van der Waals surface area contributed by atoms with Gasteiger partial charge in [-0.15, -0.1) is 0 Å². The van der Waals surface area contributed by atoms with Gasteiger partial charge in [0.05, 0.1) is 6.10 Å². The maximum absolute atomic E-state index is 12.7. The molecule has 0 unspecified atom stereocenters. The van der Waals surface area contributed by atoms with Crippen LogP contribution in [0.5, 0.6) is 0 Å². The van der Waals surface area contributed by atoms with Gasteiger partial charge in [-0.3, -0.25) is 14.4 Å². The lowest BCUT2D eigenvalue weighted by Gasteiger charge is -2.26. The van der Waals surface area contributed by atoms with Gasteiger partial charge in [-0.2, -0.15) is 0 Å². The number of nitrogens with one attached hydrogen (secondary N) is 2. The zero-order valence-corrected chi connectivity index (χ0v) is 15.0. The van der Waals surface area contributed by atoms with Crippen molar-refractivity contribution in [2.24, 2.45) is 0 Å². The maximum atomic E-state index is 12.7. The summed E-state index contributed by atoms with van der Waals surface area (Å²) in [6.45, 7) is 3.02. The van der Waals surface area contributed by atoms with Gasteiger partial charge in [0.1, 0.15) is 12.1 Å². The number of β-amino-alcohol motifs (C(OH)–C–C–N with tert-alkyl or cyclic N) is 1. The molecule has 5 atom stereocenters. The van der Waals surface area contributed by atoms with E-state index in [9.17, 15) is 19.5 Å². The van der Waals surface area contributed by atoms with Gasteiger partial charge in [0.25, 0.3) is 0 Å². The largest absolute Gasteiger partial charge is 0.391 e. The Balaban J connectivity index is 1.60. The lowest BCUT2D eigenvalue weighted by atomic mass is 10.1. The number of nitrogens with zero attached hydrogens (tertiary/aromatic N) is 1. The van der Waals surface area contributed by atoms with Crippen LogP contribution in [0.1, 0.15) is 38.2 Å². The molecule has 3 N–H and O–H groups in total. The summed E-state index contributed by atoms with van der Waals surface area (Å²) in [6, 6.07) is 8.62. The van der Waals surface area contributed by atoms with Gasteiger partial charge in [-0.25, -0.2) is 0 Å². The number of hydrogen-bond donors (Lipinski definition) is 3. The van der Waals surface area contributed by atoms with Gasteiger partial charge in [0.15, 0.2) is 0 Å². The molecule has 0 bridgehead atoms. The first-order chi connectivity index (χ1) is 12.4. The number of amides is 3. The van der Waals surface area contributed by atoms with Crippen LogP contribution in [-0.4, -0.2) is 58.5 Å². The summed E-state index contributed by atoms with van der Waals surface area (Å²) in [5.74, 6) is -0.607. The van der Waals surface area contributed by atoms with Crippen LogP contribution in [0, 0.1) is 0 Å². The van der Waals surface area contributed by atoms with Crippen molar-refractivity contribution in [3.8, 4) is 0 Å². The number of carbonyl (C=O) groups excluding carboxylic acids is 3. The van der Waals surface area contributed by atoms with E-state index < -0.39 is 18.2 Å². The van der Waals surface area contributed by atoms with Crippen molar-refractivity contribution >= 4 is 17.7 Å². The second-order valence-corrected chi connectivity index (χ2v) is 7.19. The standard InChI is InChI=1S/C19H25N3O4/c1-11(20-12(2)23)19(26)22-10-14(24)8-17(22)18(25)21-16-9-15(16)13-6-4-3-5-7-13/h3-7,11,14-17,24H,8-10H2,1-2H3,(H,20,23)(H,21,25)/t11-,14+,15+,16-,17-/m0/s1. The third kappa shape index (κ3) is 4.04. The van der Waals surface area contributed by atoms with Crippen molar-refractivity contribution in [1.29, 1.82) is 0 Å². The molecule has 1 aromatic rings. The van der Waals surface area contributed by atoms with E-state index in [0.29, 0.717) is 5.92 Å². The second-order valence-electron chi connectivity index (χ2n) is 7.19. The van der Waals surface area contributed by atoms with E-state index in [-0.39, 0.29) is 36.7 Å². The van der Waals surface area contributed by atoms with E-state index in [0.717, 1.165) is 6.42 Å². The Labute approximate surface area is 152 Å². The summed E-state index contributed by atoms with van der Waals surface area (Å²) in [4.78, 5) is 37.8. The van der Waals surface area contributed by atoms with Crippen molar-refractivity contribution in [3.05, 3.63) is 35.9 Å². The molecule has 2 fully saturated rings. The van der Waals surface area contributed by atoms with Gasteiger partial charge in [0.2, 0.25) is 17.7 Å². The molecule has 0 aromatic heterocycles. The molecule has 140 valence electrons. The number of carbonyl (C=O) groups is 3. The number of aliphatic hydroxyl groups excluding tert-OH is 1. The van der Waals surface area contributed by atoms with E-state index in [2.05, 4.69) is 10.6 Å². The summed E-state index contributed by atoms with van der Waals surface area (Å²) in [6.07, 6.45) is 0.359. The minimum atomic E-state index is -0.733. The van der Waals surface area contributed by atoms with Crippen molar-refractivity contribution in [3.63, 3.8) is 0 Å². The van der Waals surface area contributed by atoms with Crippen molar-refractivity contribution in [1.82, 2.24) is 15.5 Å². The molecule has 26 heavy (non-hydrogen) atoms. The normalized spacial score (nSPS) is 28.3. The van der Waals surface area contributed by atoms with Crippen LogP contribution in [0.15, 0.2) is 30.3 Å². The van der Waals surface area contributed by atoms with Crippen LogP contribution in [0.2, 0.25) is 0 Å². The Kier molecular flexibility index (Phi) is 5.27. The SMILES string of the molecule is CC(=O)N[C@@H](C)C(=O)N1C[C@H](O)C[C@H]1C(=O)N[C@H]1C[C@@H]1c1ccccc1. The predicted molar refractivity (Wildman–Crippen MR) is 95.1 cm³/mol. The van der Waals surface area contributed by atoms with Crippen LogP contribution in [0.25, 0.3) is 0 Å². The van der Waals surface area contributed by atoms with E-state index >= 15 is 0 Å². The number of likely N-dealkylation sites (tertiary alicyclic amines) is 1. The Morgan fingerprint density at radius 3 is 2.54 bits per heavy atom. The molecular formula is C19H25N3O4. The zero-order valence-electron chi connectivity index (χ0n) is 15.0. The van der Waals surface area contributed by atoms with Crippen molar-refractivity contribution in [2.75, 3.05) is 6.54 Å². The minimum Gasteiger partial charge on any atom is -0.391 e. The number of hydrogen-bond acceptors (Lipinski definition) is 4. The minimum absolute atomic E-state index is 0.0624. The number of aliphatic hydroxyl groups is 1. The van der Waals surface area contributed by atoms with Crippen LogP contribution in [0.3, 0.4) is 0 Å². The Morgan fingerprint density at radius 1 is 1.19 bits per heavy atom. The lowest BCUT2D eigenvalue weighted by Crippen LogP contribution is -2.52. The molecule has 1 aliphatic carbocycles. The summed E-state index contributed by atoms with van der Waals surface area (Å²) < 4.78 is 0. The molecule has 1 saturated heterocycles. The summed E-state index contributed by atoms with van der Waals surface area (Å²) in [7, 11) is 0. The zero-order chi connectivity index (χ0) is 18.8. The molecule has 3 amide bonds. The quantitative estimate of drug-likeness (QED) is 0.697. The Bertz CT molecular complexity index is 693. The average molecular weight is 359 g/mol. The van der Waals surface area contributed by atoms with Gasteiger partial charge in [-0.1, -0.05) is 30.3 Å². The average Bonchev–Trinajstić information content (AvgIpc) is 3.25. The highest BCUT2D eigenvalue weighted by molar-refractivity contribution is 5.92. The molecule has 1 aromatic carbocycles. The van der Waals surface area contributed by atoms with E-state index in [1.54, 1.807) is 6.92 Å². The summed E-state index contributed by atoms with van der Waals surface area (Å²) >= 11 is 0. The van der Waals surface area contributed by atoms with Gasteiger partial charge in [-0.05, 0) is 18.9 Å². The molecule has 1 saturated carbocycles. The molecule has 0 radical (unpaired) electrons. The first kappa shape index (κ1) is 18.4. The second kappa shape index (κ2) is 7.45. The molecule has 0 spiro atoms. The van der Waals surface area contributed by atoms with Crippen LogP contribution >= 0.6 is 0 Å². The third-order valence-electron chi connectivity index (χ3n) is 5.00. The van der Waals surface area contributed by atoms with Crippen LogP contribution in [0.4, 0.5) is 0 Å². The van der Waals surface area contributed by atoms with Crippen molar-refractivity contribution < 1.29 is 19.5 Å². The summed E-state index contributed by atoms with van der Waals surface area (Å²) in [5, 5.41) is 15.5. The van der Waals surface area contributed by atoms with Gasteiger partial charge >= 0.3 is 0 Å². The third-order valence-corrected chi connectivity index (χ3v) is 5.00. The van der Waals surface area contributed by atoms with Gasteiger partial charge < -0.3 is 20.6 Å². The predicted octanol–water partition coefficient (Wildman–Crippen LogP) is 0.145. The molecule has 1 heterocycles. The highest BCUT2D eigenvalue weighted by atomic mass is 16.3. The molecule has 2 aliphatic rings. The van der Waals surface area contributed by atoms with E-state index in [1.165, 1.54) is 17.4 Å². The fourth-order valence-electron chi connectivity index (χ4n) is 3.62. The highest BCUT2D eigenvalue weighted by Crippen LogP contribution is 2.40. The Hall–Kier alpha value is -2.41. The highest BCUT2D eigenvalue weighted by Gasteiger charge is 2.44. The van der Waals surface area contributed by atoms with Gasteiger partial charge in [0, 0.05) is 31.8 Å². The molecule has 1 aliphatic heterocycles. The van der Waals surface area contributed by atoms with Crippen LogP contribution in [-0.2, 0) is 14.4 Å². The molecule has 7 nitrogen and oxygen atoms in total. The first-order valence-corrected chi connectivity index (χ1v) is 8.97. The fourth-order valence-corrected chi connectivity index (χ4v) is 3.62. The van der Waals surface area contributed by atoms with Crippen molar-refractivity contribution in [2.45, 2.75) is 56.8 Å². The molecule has 7 heteroatoms. The monoisotopic (exact) mass is 359 g/mol. The first-order valence-electron chi connectivity index (χ1n) is 8.97. The topological polar surface area (TPSA) is 98.7 Å². The summed E-state index contributed by atoms with van der Waals surface area (Å²) in [5.41, 5.74) is 1.19. The fraction of sp³-hybridized carbons (Fsp3) is 0.526. The Morgan fingerprint density at radius 2 is 1.88 bits per heavy atom.